The molecule has 2 aliphatic rings. The summed E-state index contributed by atoms with van der Waals surface area (Å²) in [6, 6.07) is 8.10. The van der Waals surface area contributed by atoms with Crippen molar-refractivity contribution in [2.24, 2.45) is 0 Å². The molecule has 29 heavy (non-hydrogen) atoms. The summed E-state index contributed by atoms with van der Waals surface area (Å²) in [5, 5.41) is 2.73. The fraction of sp³-hybridized carbons (Fsp3) is 0.350. The number of amides is 1. The molecule has 1 atom stereocenters. The van der Waals surface area contributed by atoms with Crippen LogP contribution in [0.15, 0.2) is 30.3 Å². The molecule has 2 aromatic carbocycles. The Kier molecular flexibility index (Phi) is 4.91. The zero-order valence-electron chi connectivity index (χ0n) is 16.0. The zero-order chi connectivity index (χ0) is 20.6. The molecule has 2 aliphatic heterocycles. The number of hydrogen-bond acceptors (Lipinski definition) is 5. The summed E-state index contributed by atoms with van der Waals surface area (Å²) in [6.07, 6.45) is -2.86. The minimum Gasteiger partial charge on any atom is -0.493 e. The molecule has 1 amide bonds. The first kappa shape index (κ1) is 19.3. The standard InChI is InChI=1S/C20H20F2N2O5/c1-26-16-7-12-5-6-24(10-13(12)8-17(16)27-2)11-19(25)23-14-3-4-15-18(9-14)29-20(21,22)28-15/h3-4,7-9H,5-6,10-11H2,1-2H3,(H,23,25)/p+1. The molecule has 0 fully saturated rings. The van der Waals surface area contributed by atoms with E-state index in [-0.39, 0.29) is 24.0 Å². The smallest absolute Gasteiger partial charge is 0.493 e. The van der Waals surface area contributed by atoms with E-state index in [9.17, 15) is 13.6 Å². The van der Waals surface area contributed by atoms with Crippen molar-refractivity contribution in [1.82, 2.24) is 0 Å². The highest BCUT2D eigenvalue weighted by Gasteiger charge is 2.43. The normalized spacial score (nSPS) is 18.7. The van der Waals surface area contributed by atoms with Gasteiger partial charge in [-0.2, -0.15) is 0 Å². The fourth-order valence-corrected chi connectivity index (χ4v) is 3.64. The Hall–Kier alpha value is -3.07. The second kappa shape index (κ2) is 7.40. The number of carbonyl (C=O) groups excluding carboxylic acids is 1. The zero-order valence-corrected chi connectivity index (χ0v) is 16.0. The number of hydrogen-bond donors (Lipinski definition) is 2. The van der Waals surface area contributed by atoms with Gasteiger partial charge in [-0.25, -0.2) is 0 Å². The number of rotatable bonds is 5. The Morgan fingerprint density at radius 1 is 1.10 bits per heavy atom. The van der Waals surface area contributed by atoms with Crippen LogP contribution in [0.4, 0.5) is 14.5 Å². The van der Waals surface area contributed by atoms with Crippen molar-refractivity contribution < 1.29 is 37.4 Å². The van der Waals surface area contributed by atoms with Crippen LogP contribution in [-0.4, -0.2) is 39.5 Å². The van der Waals surface area contributed by atoms with Gasteiger partial charge in [0, 0.05) is 23.7 Å². The van der Waals surface area contributed by atoms with Gasteiger partial charge in [0.2, 0.25) is 0 Å². The summed E-state index contributed by atoms with van der Waals surface area (Å²) >= 11 is 0. The van der Waals surface area contributed by atoms with Crippen LogP contribution < -0.4 is 29.2 Å². The number of methoxy groups -OCH3 is 2. The lowest BCUT2D eigenvalue weighted by atomic mass is 9.99. The number of alkyl halides is 2. The molecule has 4 rings (SSSR count). The highest BCUT2D eigenvalue weighted by molar-refractivity contribution is 5.91. The van der Waals surface area contributed by atoms with Crippen LogP contribution in [-0.2, 0) is 17.8 Å². The van der Waals surface area contributed by atoms with Crippen molar-refractivity contribution >= 4 is 11.6 Å². The summed E-state index contributed by atoms with van der Waals surface area (Å²) in [4.78, 5) is 13.5. The quantitative estimate of drug-likeness (QED) is 0.788. The maximum Gasteiger partial charge on any atom is 0.586 e. The third-order valence-electron chi connectivity index (χ3n) is 4.99. The van der Waals surface area contributed by atoms with Gasteiger partial charge >= 0.3 is 6.29 Å². The van der Waals surface area contributed by atoms with Crippen molar-refractivity contribution in [3.05, 3.63) is 41.5 Å². The first-order chi connectivity index (χ1) is 13.9. The minimum absolute atomic E-state index is 0.0596. The molecule has 1 unspecified atom stereocenters. The van der Waals surface area contributed by atoms with Crippen molar-refractivity contribution in [1.29, 1.82) is 0 Å². The van der Waals surface area contributed by atoms with Gasteiger partial charge in [0.1, 0.15) is 6.54 Å². The van der Waals surface area contributed by atoms with E-state index in [1.165, 1.54) is 23.8 Å². The molecule has 7 nitrogen and oxygen atoms in total. The lowest BCUT2D eigenvalue weighted by molar-refractivity contribution is -0.907. The van der Waals surface area contributed by atoms with Crippen LogP contribution in [0.2, 0.25) is 0 Å². The Morgan fingerprint density at radius 3 is 2.52 bits per heavy atom. The monoisotopic (exact) mass is 407 g/mol. The van der Waals surface area contributed by atoms with E-state index in [1.54, 1.807) is 14.2 Å². The predicted molar refractivity (Wildman–Crippen MR) is 98.9 cm³/mol. The number of halogens is 2. The SMILES string of the molecule is COc1cc2c(cc1OC)C[NH+](CC(=O)Nc1ccc3c(c1)OC(F)(F)O3)CC2. The van der Waals surface area contributed by atoms with Crippen molar-refractivity contribution in [3.8, 4) is 23.0 Å². The number of benzene rings is 2. The van der Waals surface area contributed by atoms with Gasteiger partial charge in [0.25, 0.3) is 5.91 Å². The van der Waals surface area contributed by atoms with Gasteiger partial charge < -0.3 is 29.2 Å². The number of quaternary nitrogens is 1. The molecule has 0 saturated carbocycles. The average molecular weight is 407 g/mol. The molecule has 2 aromatic rings. The van der Waals surface area contributed by atoms with Gasteiger partial charge in [-0.3, -0.25) is 4.79 Å². The number of nitrogens with one attached hydrogen (secondary N) is 2. The summed E-state index contributed by atoms with van der Waals surface area (Å²) in [6.45, 7) is 1.72. The molecule has 9 heteroatoms. The Morgan fingerprint density at radius 2 is 1.79 bits per heavy atom. The highest BCUT2D eigenvalue weighted by Crippen LogP contribution is 2.42. The van der Waals surface area contributed by atoms with Crippen molar-refractivity contribution in [2.45, 2.75) is 19.3 Å². The first-order valence-electron chi connectivity index (χ1n) is 9.14. The molecule has 0 aliphatic carbocycles. The number of anilines is 1. The van der Waals surface area contributed by atoms with Crippen LogP contribution in [0, 0.1) is 0 Å². The largest absolute Gasteiger partial charge is 0.586 e. The van der Waals surface area contributed by atoms with Crippen molar-refractivity contribution in [3.63, 3.8) is 0 Å². The summed E-state index contributed by atoms with van der Waals surface area (Å²) in [5.41, 5.74) is 2.67. The van der Waals surface area contributed by atoms with Gasteiger partial charge in [0.15, 0.2) is 29.5 Å². The lowest BCUT2D eigenvalue weighted by Gasteiger charge is -2.26. The molecule has 0 bridgehead atoms. The Balaban J connectivity index is 1.39. The number of fused-ring (bicyclic) bond motifs is 2. The maximum absolute atomic E-state index is 13.1. The summed E-state index contributed by atoms with van der Waals surface area (Å²) in [7, 11) is 3.19. The highest BCUT2D eigenvalue weighted by atomic mass is 19.3. The summed E-state index contributed by atoms with van der Waals surface area (Å²) in [5.74, 6) is 0.980. The molecule has 2 N–H and O–H groups in total. The average Bonchev–Trinajstić information content (AvgIpc) is 2.99. The van der Waals surface area contributed by atoms with Gasteiger partial charge in [-0.05, 0) is 29.8 Å². The second-order valence-corrected chi connectivity index (χ2v) is 6.96. The molecular formula is C20H21F2N2O5+. The van der Waals surface area contributed by atoms with Gasteiger partial charge in [-0.15, -0.1) is 8.78 Å². The Bertz CT molecular complexity index is 951. The third kappa shape index (κ3) is 4.04. The van der Waals surface area contributed by atoms with Gasteiger partial charge in [0.05, 0.1) is 20.8 Å². The first-order valence-corrected chi connectivity index (χ1v) is 9.14. The van der Waals surface area contributed by atoms with Crippen LogP contribution in [0.25, 0.3) is 0 Å². The van der Waals surface area contributed by atoms with E-state index < -0.39 is 6.29 Å². The van der Waals surface area contributed by atoms with Crippen molar-refractivity contribution in [2.75, 3.05) is 32.6 Å². The van der Waals surface area contributed by atoms with E-state index in [0.717, 1.165) is 23.4 Å². The fourth-order valence-electron chi connectivity index (χ4n) is 3.64. The predicted octanol–water partition coefficient (Wildman–Crippen LogP) is 1.60. The Labute approximate surface area is 166 Å². The van der Waals surface area contributed by atoms with E-state index in [1.807, 2.05) is 12.1 Å². The van der Waals surface area contributed by atoms with E-state index in [2.05, 4.69) is 14.8 Å². The molecule has 0 aromatic heterocycles. The van der Waals surface area contributed by atoms with E-state index in [4.69, 9.17) is 9.47 Å². The molecule has 2 heterocycles. The van der Waals surface area contributed by atoms with Crippen LogP contribution >= 0.6 is 0 Å². The number of carbonyl (C=O) groups is 1. The minimum atomic E-state index is -3.68. The topological polar surface area (TPSA) is 70.5 Å². The second-order valence-electron chi connectivity index (χ2n) is 6.96. The van der Waals surface area contributed by atoms with E-state index >= 15 is 0 Å². The summed E-state index contributed by atoms with van der Waals surface area (Å²) < 4.78 is 45.7. The van der Waals surface area contributed by atoms with Crippen LogP contribution in [0.3, 0.4) is 0 Å². The van der Waals surface area contributed by atoms with Gasteiger partial charge in [-0.1, -0.05) is 0 Å². The van der Waals surface area contributed by atoms with E-state index in [0.29, 0.717) is 23.7 Å². The van der Waals surface area contributed by atoms with Crippen LogP contribution in [0.5, 0.6) is 23.0 Å². The third-order valence-corrected chi connectivity index (χ3v) is 4.99. The van der Waals surface area contributed by atoms with Crippen LogP contribution in [0.1, 0.15) is 11.1 Å². The maximum atomic E-state index is 13.1. The molecule has 0 saturated heterocycles. The lowest BCUT2D eigenvalue weighted by Crippen LogP contribution is -3.12. The molecular weight excluding hydrogens is 386 g/mol. The molecule has 0 spiro atoms. The molecule has 0 radical (unpaired) electrons. The molecule has 154 valence electrons. The number of ether oxygens (including phenoxy) is 4.